The molecule has 1 aliphatic heterocycles. The molecule has 0 aromatic carbocycles. The van der Waals surface area contributed by atoms with Gasteiger partial charge in [0.2, 0.25) is 5.82 Å². The number of piperidine rings is 1. The van der Waals surface area contributed by atoms with Gasteiger partial charge in [-0.15, -0.1) is 0 Å². The molecule has 2 unspecified atom stereocenters. The average Bonchev–Trinajstić information content (AvgIpc) is 2.57. The Morgan fingerprint density at radius 1 is 1.56 bits per heavy atom. The van der Waals surface area contributed by atoms with E-state index in [0.717, 1.165) is 0 Å². The summed E-state index contributed by atoms with van der Waals surface area (Å²) in [5, 5.41) is 25.0. The predicted molar refractivity (Wildman–Crippen MR) is 66.6 cm³/mol. The molecule has 2 heterocycles. The number of rotatable bonds is 2. The number of nitro groups is 1. The lowest BCUT2D eigenvalue weighted by Gasteiger charge is -2.35. The molecule has 0 bridgehead atoms. The lowest BCUT2D eigenvalue weighted by Crippen LogP contribution is -2.42. The molecule has 18 heavy (non-hydrogen) atoms. The largest absolute Gasteiger partial charge is 0.393 e. The van der Waals surface area contributed by atoms with Gasteiger partial charge >= 0.3 is 5.69 Å². The first-order chi connectivity index (χ1) is 8.41. The zero-order valence-electron chi connectivity index (χ0n) is 10.8. The summed E-state index contributed by atoms with van der Waals surface area (Å²) in [5.41, 5.74) is 0.498. The lowest BCUT2D eigenvalue weighted by atomic mass is 9.97. The van der Waals surface area contributed by atoms with Crippen molar-refractivity contribution in [1.82, 2.24) is 9.78 Å². The summed E-state index contributed by atoms with van der Waals surface area (Å²) >= 11 is 0. The molecule has 0 saturated carbocycles. The van der Waals surface area contributed by atoms with Crippen LogP contribution in [0.5, 0.6) is 0 Å². The maximum Gasteiger partial charge on any atom is 0.333 e. The number of hydrogen-bond acceptors (Lipinski definition) is 5. The van der Waals surface area contributed by atoms with Crippen molar-refractivity contribution in [2.75, 3.05) is 18.0 Å². The van der Waals surface area contributed by atoms with Gasteiger partial charge in [0.25, 0.3) is 0 Å². The highest BCUT2D eigenvalue weighted by Gasteiger charge is 2.32. The van der Waals surface area contributed by atoms with Gasteiger partial charge in [-0.3, -0.25) is 10.1 Å². The van der Waals surface area contributed by atoms with Gasteiger partial charge in [-0.1, -0.05) is 6.92 Å². The smallest absolute Gasteiger partial charge is 0.333 e. The third kappa shape index (κ3) is 2.05. The van der Waals surface area contributed by atoms with E-state index >= 15 is 0 Å². The fraction of sp³-hybridized carbons (Fsp3) is 0.727. The second kappa shape index (κ2) is 4.56. The minimum absolute atomic E-state index is 0.0705. The Morgan fingerprint density at radius 3 is 2.78 bits per heavy atom. The van der Waals surface area contributed by atoms with E-state index in [4.69, 9.17) is 0 Å². The van der Waals surface area contributed by atoms with Gasteiger partial charge in [-0.2, -0.15) is 5.10 Å². The van der Waals surface area contributed by atoms with Crippen molar-refractivity contribution >= 4 is 11.5 Å². The minimum atomic E-state index is -0.382. The molecule has 1 aromatic heterocycles. The van der Waals surface area contributed by atoms with Crippen LogP contribution >= 0.6 is 0 Å². The Kier molecular flexibility index (Phi) is 3.25. The molecule has 7 heteroatoms. The Labute approximate surface area is 105 Å². The van der Waals surface area contributed by atoms with Crippen molar-refractivity contribution in [3.63, 3.8) is 0 Å². The van der Waals surface area contributed by atoms with Gasteiger partial charge in [-0.25, -0.2) is 4.68 Å². The third-order valence-electron chi connectivity index (χ3n) is 3.50. The average molecular weight is 254 g/mol. The topological polar surface area (TPSA) is 84.4 Å². The highest BCUT2D eigenvalue weighted by Crippen LogP contribution is 2.33. The number of aliphatic hydroxyl groups excluding tert-OH is 1. The van der Waals surface area contributed by atoms with E-state index in [-0.39, 0.29) is 22.6 Å². The summed E-state index contributed by atoms with van der Waals surface area (Å²) in [5.74, 6) is 0.643. The van der Waals surface area contributed by atoms with Crippen molar-refractivity contribution in [2.45, 2.75) is 26.4 Å². The number of anilines is 1. The van der Waals surface area contributed by atoms with Gasteiger partial charge in [-0.05, 0) is 19.3 Å². The zero-order chi connectivity index (χ0) is 13.4. The zero-order valence-corrected chi connectivity index (χ0v) is 10.8. The number of hydrogen-bond donors (Lipinski definition) is 1. The first-order valence-electron chi connectivity index (χ1n) is 6.02. The first-order valence-corrected chi connectivity index (χ1v) is 6.02. The summed E-state index contributed by atoms with van der Waals surface area (Å²) in [6, 6.07) is 0. The maximum atomic E-state index is 11.1. The van der Waals surface area contributed by atoms with Crippen molar-refractivity contribution in [3.8, 4) is 0 Å². The SMILES string of the molecule is Cc1nn(C)c(N2CCC(O)C(C)C2)c1[N+](=O)[O-]. The second-order valence-corrected chi connectivity index (χ2v) is 4.92. The van der Waals surface area contributed by atoms with Crippen molar-refractivity contribution in [1.29, 1.82) is 0 Å². The number of aromatic nitrogens is 2. The summed E-state index contributed by atoms with van der Waals surface area (Å²) in [6.45, 7) is 4.82. The summed E-state index contributed by atoms with van der Waals surface area (Å²) < 4.78 is 1.55. The molecule has 1 saturated heterocycles. The lowest BCUT2D eigenvalue weighted by molar-refractivity contribution is -0.384. The number of nitrogens with zero attached hydrogens (tertiary/aromatic N) is 4. The highest BCUT2D eigenvalue weighted by atomic mass is 16.6. The van der Waals surface area contributed by atoms with Crippen LogP contribution in [0.4, 0.5) is 11.5 Å². The Balaban J connectivity index is 2.36. The molecule has 0 aliphatic carbocycles. The molecular weight excluding hydrogens is 236 g/mol. The summed E-state index contributed by atoms with van der Waals surface area (Å²) in [7, 11) is 1.71. The van der Waals surface area contributed by atoms with E-state index in [0.29, 0.717) is 31.0 Å². The van der Waals surface area contributed by atoms with Gasteiger partial charge in [0.1, 0.15) is 5.69 Å². The fourth-order valence-electron chi connectivity index (χ4n) is 2.53. The molecule has 0 amide bonds. The standard InChI is InChI=1S/C11H18N4O3/c1-7-6-14(5-4-9(7)16)11-10(15(17)18)8(2)12-13(11)3/h7,9,16H,4-6H2,1-3H3. The summed E-state index contributed by atoms with van der Waals surface area (Å²) in [6.07, 6.45) is 0.303. The van der Waals surface area contributed by atoms with Crippen LogP contribution in [-0.4, -0.2) is 39.0 Å². The monoisotopic (exact) mass is 254 g/mol. The molecule has 2 atom stereocenters. The molecule has 1 aromatic rings. The van der Waals surface area contributed by atoms with E-state index in [9.17, 15) is 15.2 Å². The van der Waals surface area contributed by atoms with Crippen LogP contribution < -0.4 is 4.90 Å². The van der Waals surface area contributed by atoms with E-state index < -0.39 is 0 Å². The van der Waals surface area contributed by atoms with Crippen LogP contribution in [0.2, 0.25) is 0 Å². The van der Waals surface area contributed by atoms with Crippen molar-refractivity contribution in [2.24, 2.45) is 13.0 Å². The Bertz CT molecular complexity index is 471. The van der Waals surface area contributed by atoms with Crippen LogP contribution in [-0.2, 0) is 7.05 Å². The summed E-state index contributed by atoms with van der Waals surface area (Å²) in [4.78, 5) is 12.7. The Hall–Kier alpha value is -1.63. The molecule has 2 rings (SSSR count). The van der Waals surface area contributed by atoms with Crippen LogP contribution in [0.25, 0.3) is 0 Å². The Morgan fingerprint density at radius 2 is 2.22 bits per heavy atom. The van der Waals surface area contributed by atoms with Crippen LogP contribution in [0.1, 0.15) is 19.0 Å². The molecule has 0 radical (unpaired) electrons. The highest BCUT2D eigenvalue weighted by molar-refractivity contribution is 5.61. The maximum absolute atomic E-state index is 11.1. The molecule has 1 N–H and O–H groups in total. The fourth-order valence-corrected chi connectivity index (χ4v) is 2.53. The van der Waals surface area contributed by atoms with Gasteiger partial charge in [0.15, 0.2) is 0 Å². The second-order valence-electron chi connectivity index (χ2n) is 4.92. The molecular formula is C11H18N4O3. The van der Waals surface area contributed by atoms with Gasteiger partial charge in [0, 0.05) is 20.1 Å². The number of aryl methyl sites for hydroxylation is 2. The normalized spacial score (nSPS) is 24.3. The third-order valence-corrected chi connectivity index (χ3v) is 3.50. The van der Waals surface area contributed by atoms with E-state index in [2.05, 4.69) is 5.10 Å². The molecule has 1 fully saturated rings. The predicted octanol–water partition coefficient (Wildman–Crippen LogP) is 0.844. The van der Waals surface area contributed by atoms with Gasteiger partial charge < -0.3 is 10.0 Å². The van der Waals surface area contributed by atoms with E-state index in [1.807, 2.05) is 11.8 Å². The molecule has 1 aliphatic rings. The van der Waals surface area contributed by atoms with E-state index in [1.54, 1.807) is 18.7 Å². The molecule has 100 valence electrons. The molecule has 0 spiro atoms. The van der Waals surface area contributed by atoms with Crippen molar-refractivity contribution in [3.05, 3.63) is 15.8 Å². The van der Waals surface area contributed by atoms with Crippen molar-refractivity contribution < 1.29 is 10.0 Å². The minimum Gasteiger partial charge on any atom is -0.393 e. The first kappa shape index (κ1) is 12.8. The van der Waals surface area contributed by atoms with E-state index in [1.165, 1.54) is 0 Å². The molecule has 7 nitrogen and oxygen atoms in total. The van der Waals surface area contributed by atoms with Gasteiger partial charge in [0.05, 0.1) is 11.0 Å². The van der Waals surface area contributed by atoms with Crippen LogP contribution in [0.15, 0.2) is 0 Å². The number of aliphatic hydroxyl groups is 1. The quantitative estimate of drug-likeness (QED) is 0.624. The van der Waals surface area contributed by atoms with Crippen LogP contribution in [0, 0.1) is 23.0 Å². The van der Waals surface area contributed by atoms with Crippen LogP contribution in [0.3, 0.4) is 0 Å².